The SMILES string of the molecule is COCCn1c(C2CCN(C(=O)CC3CCCCC3)C2)nc2cccnc21. The van der Waals surface area contributed by atoms with E-state index in [1.54, 1.807) is 7.11 Å². The Bertz CT molecular complexity index is 782. The summed E-state index contributed by atoms with van der Waals surface area (Å²) in [5.74, 6) is 2.27. The molecule has 3 heterocycles. The number of pyridine rings is 1. The van der Waals surface area contributed by atoms with Gasteiger partial charge in [0.2, 0.25) is 5.91 Å². The smallest absolute Gasteiger partial charge is 0.222 e. The number of fused-ring (bicyclic) bond motifs is 1. The van der Waals surface area contributed by atoms with Crippen molar-refractivity contribution in [2.24, 2.45) is 5.92 Å². The highest BCUT2D eigenvalue weighted by atomic mass is 16.5. The summed E-state index contributed by atoms with van der Waals surface area (Å²) in [6, 6.07) is 3.94. The van der Waals surface area contributed by atoms with Crippen molar-refractivity contribution in [3.8, 4) is 0 Å². The molecule has 1 saturated heterocycles. The van der Waals surface area contributed by atoms with E-state index in [1.807, 2.05) is 18.3 Å². The Balaban J connectivity index is 1.47. The molecular weight excluding hydrogens is 340 g/mol. The van der Waals surface area contributed by atoms with E-state index in [9.17, 15) is 4.79 Å². The van der Waals surface area contributed by atoms with Gasteiger partial charge in [-0.3, -0.25) is 4.79 Å². The van der Waals surface area contributed by atoms with Gasteiger partial charge in [-0.2, -0.15) is 0 Å². The number of amides is 1. The zero-order valence-electron chi connectivity index (χ0n) is 16.3. The standard InChI is InChI=1S/C21H30N4O2/c1-27-13-12-25-20(23-18-8-5-10-22-21(18)25)17-9-11-24(15-17)19(26)14-16-6-3-2-4-7-16/h5,8,10,16-17H,2-4,6-7,9,11-15H2,1H3. The van der Waals surface area contributed by atoms with Crippen LogP contribution >= 0.6 is 0 Å². The maximum absolute atomic E-state index is 12.8. The van der Waals surface area contributed by atoms with Gasteiger partial charge in [-0.15, -0.1) is 0 Å². The van der Waals surface area contributed by atoms with Gasteiger partial charge in [0.15, 0.2) is 5.65 Å². The topological polar surface area (TPSA) is 60.2 Å². The van der Waals surface area contributed by atoms with Gasteiger partial charge in [-0.1, -0.05) is 19.3 Å². The van der Waals surface area contributed by atoms with Crippen LogP contribution in [-0.2, 0) is 16.1 Å². The van der Waals surface area contributed by atoms with Crippen molar-refractivity contribution < 1.29 is 9.53 Å². The summed E-state index contributed by atoms with van der Waals surface area (Å²) in [4.78, 5) is 24.2. The van der Waals surface area contributed by atoms with Gasteiger partial charge in [-0.25, -0.2) is 9.97 Å². The fraction of sp³-hybridized carbons (Fsp3) is 0.667. The zero-order valence-corrected chi connectivity index (χ0v) is 16.3. The molecule has 2 aliphatic rings. The molecule has 27 heavy (non-hydrogen) atoms. The minimum atomic E-state index is 0.284. The number of hydrogen-bond acceptors (Lipinski definition) is 4. The van der Waals surface area contributed by atoms with E-state index in [1.165, 1.54) is 32.1 Å². The molecule has 0 radical (unpaired) electrons. The lowest BCUT2D eigenvalue weighted by molar-refractivity contribution is -0.131. The maximum Gasteiger partial charge on any atom is 0.222 e. The average Bonchev–Trinajstić information content (AvgIpc) is 3.32. The van der Waals surface area contributed by atoms with Crippen molar-refractivity contribution in [1.82, 2.24) is 19.4 Å². The molecule has 6 nitrogen and oxygen atoms in total. The largest absolute Gasteiger partial charge is 0.383 e. The van der Waals surface area contributed by atoms with E-state index in [2.05, 4.69) is 14.5 Å². The number of rotatable bonds is 6. The predicted octanol–water partition coefficient (Wildman–Crippen LogP) is 3.36. The first-order valence-corrected chi connectivity index (χ1v) is 10.3. The zero-order chi connectivity index (χ0) is 18.6. The van der Waals surface area contributed by atoms with Crippen LogP contribution in [0.1, 0.15) is 56.7 Å². The Morgan fingerprint density at radius 1 is 1.26 bits per heavy atom. The second kappa shape index (κ2) is 8.38. The van der Waals surface area contributed by atoms with E-state index >= 15 is 0 Å². The Morgan fingerprint density at radius 2 is 2.11 bits per heavy atom. The maximum atomic E-state index is 12.8. The molecule has 1 saturated carbocycles. The number of ether oxygens (including phenoxy) is 1. The minimum absolute atomic E-state index is 0.284. The Kier molecular flexibility index (Phi) is 5.72. The van der Waals surface area contributed by atoms with Crippen molar-refractivity contribution in [3.63, 3.8) is 0 Å². The van der Waals surface area contributed by atoms with Crippen molar-refractivity contribution in [2.45, 2.75) is 57.4 Å². The van der Waals surface area contributed by atoms with Crippen LogP contribution in [-0.4, -0.2) is 52.1 Å². The van der Waals surface area contributed by atoms with E-state index < -0.39 is 0 Å². The number of likely N-dealkylation sites (tertiary alicyclic amines) is 1. The van der Waals surface area contributed by atoms with Gasteiger partial charge in [0.05, 0.1) is 6.61 Å². The van der Waals surface area contributed by atoms with Crippen molar-refractivity contribution in [2.75, 3.05) is 26.8 Å². The van der Waals surface area contributed by atoms with Crippen LogP contribution in [0.25, 0.3) is 11.2 Å². The Hall–Kier alpha value is -1.95. The fourth-order valence-electron chi connectivity index (χ4n) is 4.66. The normalized spacial score (nSPS) is 21.2. The van der Waals surface area contributed by atoms with E-state index in [0.717, 1.165) is 49.5 Å². The summed E-state index contributed by atoms with van der Waals surface area (Å²) in [6.45, 7) is 3.00. The van der Waals surface area contributed by atoms with Crippen LogP contribution in [0.3, 0.4) is 0 Å². The molecule has 1 aliphatic heterocycles. The summed E-state index contributed by atoms with van der Waals surface area (Å²) >= 11 is 0. The first-order valence-electron chi connectivity index (χ1n) is 10.3. The van der Waals surface area contributed by atoms with Gasteiger partial charge >= 0.3 is 0 Å². The third-order valence-corrected chi connectivity index (χ3v) is 6.15. The first kappa shape index (κ1) is 18.4. The van der Waals surface area contributed by atoms with Gasteiger partial charge in [0, 0.05) is 45.3 Å². The molecule has 1 aliphatic carbocycles. The van der Waals surface area contributed by atoms with Crippen LogP contribution in [0.4, 0.5) is 0 Å². The number of carbonyl (C=O) groups is 1. The van der Waals surface area contributed by atoms with Gasteiger partial charge in [-0.05, 0) is 37.3 Å². The van der Waals surface area contributed by atoms with Gasteiger partial charge in [0.1, 0.15) is 11.3 Å². The molecule has 146 valence electrons. The fourth-order valence-corrected chi connectivity index (χ4v) is 4.66. The Labute approximate surface area is 160 Å². The summed E-state index contributed by atoms with van der Waals surface area (Å²) in [5, 5.41) is 0. The van der Waals surface area contributed by atoms with Crippen LogP contribution in [0.2, 0.25) is 0 Å². The number of nitrogens with zero attached hydrogens (tertiary/aromatic N) is 4. The third kappa shape index (κ3) is 4.00. The number of aromatic nitrogens is 3. The molecule has 0 aromatic carbocycles. The lowest BCUT2D eigenvalue weighted by Gasteiger charge is -2.24. The highest BCUT2D eigenvalue weighted by molar-refractivity contribution is 5.77. The molecule has 1 amide bonds. The first-order chi connectivity index (χ1) is 13.3. The number of carbonyl (C=O) groups excluding carboxylic acids is 1. The monoisotopic (exact) mass is 370 g/mol. The van der Waals surface area contributed by atoms with Gasteiger partial charge in [0.25, 0.3) is 0 Å². The van der Waals surface area contributed by atoms with Gasteiger partial charge < -0.3 is 14.2 Å². The summed E-state index contributed by atoms with van der Waals surface area (Å²) in [5.41, 5.74) is 1.84. The molecule has 1 atom stereocenters. The number of methoxy groups -OCH3 is 1. The van der Waals surface area contributed by atoms with Crippen molar-refractivity contribution in [3.05, 3.63) is 24.2 Å². The Morgan fingerprint density at radius 3 is 2.93 bits per heavy atom. The molecule has 6 heteroatoms. The number of imidazole rings is 1. The van der Waals surface area contributed by atoms with Crippen LogP contribution in [0.15, 0.2) is 18.3 Å². The van der Waals surface area contributed by atoms with Crippen LogP contribution in [0.5, 0.6) is 0 Å². The third-order valence-electron chi connectivity index (χ3n) is 6.15. The molecule has 4 rings (SSSR count). The number of hydrogen-bond donors (Lipinski definition) is 0. The molecular formula is C21H30N4O2. The second-order valence-corrected chi connectivity index (χ2v) is 7.99. The highest BCUT2D eigenvalue weighted by Gasteiger charge is 2.32. The lowest BCUT2D eigenvalue weighted by atomic mass is 9.87. The molecule has 0 bridgehead atoms. The van der Waals surface area contributed by atoms with Crippen LogP contribution in [0, 0.1) is 5.92 Å². The summed E-state index contributed by atoms with van der Waals surface area (Å²) < 4.78 is 7.46. The van der Waals surface area contributed by atoms with E-state index in [-0.39, 0.29) is 5.92 Å². The molecule has 2 fully saturated rings. The molecule has 2 aromatic heterocycles. The van der Waals surface area contributed by atoms with E-state index in [0.29, 0.717) is 18.4 Å². The summed E-state index contributed by atoms with van der Waals surface area (Å²) in [6.07, 6.45) is 9.88. The molecule has 2 aromatic rings. The second-order valence-electron chi connectivity index (χ2n) is 7.99. The average molecular weight is 370 g/mol. The van der Waals surface area contributed by atoms with Crippen LogP contribution < -0.4 is 0 Å². The lowest BCUT2D eigenvalue weighted by Crippen LogP contribution is -2.30. The quantitative estimate of drug-likeness (QED) is 0.782. The highest BCUT2D eigenvalue weighted by Crippen LogP contribution is 2.31. The van der Waals surface area contributed by atoms with Crippen molar-refractivity contribution >= 4 is 17.1 Å². The predicted molar refractivity (Wildman–Crippen MR) is 105 cm³/mol. The molecule has 0 N–H and O–H groups in total. The van der Waals surface area contributed by atoms with E-state index in [4.69, 9.17) is 9.72 Å². The molecule has 1 unspecified atom stereocenters. The molecule has 0 spiro atoms. The minimum Gasteiger partial charge on any atom is -0.383 e. The summed E-state index contributed by atoms with van der Waals surface area (Å²) in [7, 11) is 1.72. The van der Waals surface area contributed by atoms with Crippen molar-refractivity contribution in [1.29, 1.82) is 0 Å².